The molecule has 0 radical (unpaired) electrons. The van der Waals surface area contributed by atoms with Gasteiger partial charge in [-0.1, -0.05) is 13.0 Å². The summed E-state index contributed by atoms with van der Waals surface area (Å²) < 4.78 is 0. The van der Waals surface area contributed by atoms with Crippen molar-refractivity contribution < 1.29 is 4.79 Å². The summed E-state index contributed by atoms with van der Waals surface area (Å²) in [4.78, 5) is 20.6. The van der Waals surface area contributed by atoms with E-state index >= 15 is 0 Å². The largest absolute Gasteiger partial charge is 0.349 e. The standard InChI is InChI=1S/C14H17N3OS2/c1-10(8-19-2)14(18)16-7-13-17-12(9-20-13)11-5-3-4-6-15-11/h3-6,9-10H,7-8H2,1-2H3,(H,16,18). The zero-order valence-electron chi connectivity index (χ0n) is 11.5. The van der Waals surface area contributed by atoms with Crippen molar-refractivity contribution in [3.05, 3.63) is 34.8 Å². The summed E-state index contributed by atoms with van der Waals surface area (Å²) in [6.45, 7) is 2.42. The predicted molar refractivity (Wildman–Crippen MR) is 84.7 cm³/mol. The van der Waals surface area contributed by atoms with E-state index in [1.165, 1.54) is 0 Å². The van der Waals surface area contributed by atoms with Crippen molar-refractivity contribution in [1.29, 1.82) is 0 Å². The Kier molecular flexibility index (Phi) is 5.55. The second-order valence-corrected chi connectivity index (χ2v) is 6.27. The number of carbonyl (C=O) groups is 1. The highest BCUT2D eigenvalue weighted by atomic mass is 32.2. The molecule has 0 aromatic carbocycles. The quantitative estimate of drug-likeness (QED) is 0.891. The molecule has 4 nitrogen and oxygen atoms in total. The summed E-state index contributed by atoms with van der Waals surface area (Å²) in [7, 11) is 0. The van der Waals surface area contributed by atoms with Crippen molar-refractivity contribution in [1.82, 2.24) is 15.3 Å². The average molecular weight is 307 g/mol. The van der Waals surface area contributed by atoms with E-state index in [0.717, 1.165) is 22.1 Å². The molecule has 1 unspecified atom stereocenters. The topological polar surface area (TPSA) is 54.9 Å². The number of hydrogen-bond donors (Lipinski definition) is 1. The van der Waals surface area contributed by atoms with Crippen LogP contribution in [0.1, 0.15) is 11.9 Å². The van der Waals surface area contributed by atoms with E-state index in [1.807, 2.05) is 36.8 Å². The summed E-state index contributed by atoms with van der Waals surface area (Å²) in [5, 5.41) is 5.79. The Morgan fingerprint density at radius 1 is 1.45 bits per heavy atom. The Morgan fingerprint density at radius 3 is 3.00 bits per heavy atom. The molecule has 6 heteroatoms. The summed E-state index contributed by atoms with van der Waals surface area (Å²) >= 11 is 3.22. The van der Waals surface area contributed by atoms with Crippen molar-refractivity contribution in [2.75, 3.05) is 12.0 Å². The second-order valence-electron chi connectivity index (χ2n) is 4.42. The van der Waals surface area contributed by atoms with E-state index in [1.54, 1.807) is 29.3 Å². The molecular weight excluding hydrogens is 290 g/mol. The van der Waals surface area contributed by atoms with Crippen LogP contribution in [0.4, 0.5) is 0 Å². The molecule has 0 aliphatic carbocycles. The molecule has 20 heavy (non-hydrogen) atoms. The summed E-state index contributed by atoms with van der Waals surface area (Å²) in [6, 6.07) is 5.75. The van der Waals surface area contributed by atoms with Gasteiger partial charge in [0.25, 0.3) is 0 Å². The van der Waals surface area contributed by atoms with Gasteiger partial charge in [0.05, 0.1) is 17.9 Å². The van der Waals surface area contributed by atoms with Gasteiger partial charge in [-0.25, -0.2) is 4.98 Å². The number of nitrogens with one attached hydrogen (secondary N) is 1. The van der Waals surface area contributed by atoms with Crippen molar-refractivity contribution >= 4 is 29.0 Å². The lowest BCUT2D eigenvalue weighted by molar-refractivity contribution is -0.124. The van der Waals surface area contributed by atoms with Crippen LogP contribution < -0.4 is 5.32 Å². The van der Waals surface area contributed by atoms with Crippen molar-refractivity contribution in [2.45, 2.75) is 13.5 Å². The Balaban J connectivity index is 1.92. The summed E-state index contributed by atoms with van der Waals surface area (Å²) in [5.41, 5.74) is 1.72. The maximum absolute atomic E-state index is 11.8. The Morgan fingerprint density at radius 2 is 2.30 bits per heavy atom. The Bertz CT molecular complexity index is 557. The number of hydrogen-bond acceptors (Lipinski definition) is 5. The maximum Gasteiger partial charge on any atom is 0.224 e. The first-order valence-electron chi connectivity index (χ1n) is 6.33. The molecular formula is C14H17N3OS2. The highest BCUT2D eigenvalue weighted by molar-refractivity contribution is 7.98. The van der Waals surface area contributed by atoms with Crippen LogP contribution in [0.15, 0.2) is 29.8 Å². The maximum atomic E-state index is 11.8. The zero-order valence-corrected chi connectivity index (χ0v) is 13.1. The zero-order chi connectivity index (χ0) is 14.4. The molecule has 0 bridgehead atoms. The molecule has 1 atom stereocenters. The first kappa shape index (κ1) is 15.0. The van der Waals surface area contributed by atoms with Gasteiger partial charge < -0.3 is 5.32 Å². The van der Waals surface area contributed by atoms with Gasteiger partial charge >= 0.3 is 0 Å². The minimum atomic E-state index is 0.0280. The van der Waals surface area contributed by atoms with Crippen LogP contribution in [0.3, 0.4) is 0 Å². The third kappa shape index (κ3) is 4.05. The monoisotopic (exact) mass is 307 g/mol. The van der Waals surface area contributed by atoms with Crippen LogP contribution in [0.25, 0.3) is 11.4 Å². The van der Waals surface area contributed by atoms with Gasteiger partial charge in [-0.15, -0.1) is 11.3 Å². The molecule has 2 heterocycles. The lowest BCUT2D eigenvalue weighted by Gasteiger charge is -2.09. The molecule has 0 fully saturated rings. The molecule has 1 amide bonds. The summed E-state index contributed by atoms with van der Waals surface area (Å²) in [6.07, 6.45) is 3.75. The number of thioether (sulfide) groups is 1. The molecule has 0 aliphatic heterocycles. The fourth-order valence-corrected chi connectivity index (χ4v) is 3.07. The van der Waals surface area contributed by atoms with E-state index in [2.05, 4.69) is 15.3 Å². The minimum Gasteiger partial charge on any atom is -0.349 e. The predicted octanol–water partition coefficient (Wildman–Crippen LogP) is 2.82. The lowest BCUT2D eigenvalue weighted by atomic mass is 10.2. The van der Waals surface area contributed by atoms with Crippen molar-refractivity contribution in [2.24, 2.45) is 5.92 Å². The van der Waals surface area contributed by atoms with Crippen LogP contribution in [0, 0.1) is 5.92 Å². The Hall–Kier alpha value is -1.40. The van der Waals surface area contributed by atoms with E-state index in [4.69, 9.17) is 0 Å². The number of nitrogens with zero attached hydrogens (tertiary/aromatic N) is 2. The van der Waals surface area contributed by atoms with E-state index in [-0.39, 0.29) is 11.8 Å². The van der Waals surface area contributed by atoms with Crippen LogP contribution in [0.2, 0.25) is 0 Å². The summed E-state index contributed by atoms with van der Waals surface area (Å²) in [5.74, 6) is 0.942. The molecule has 1 N–H and O–H groups in total. The first-order valence-corrected chi connectivity index (χ1v) is 8.60. The van der Waals surface area contributed by atoms with Gasteiger partial charge in [0.2, 0.25) is 5.91 Å². The lowest BCUT2D eigenvalue weighted by Crippen LogP contribution is -2.29. The van der Waals surface area contributed by atoms with Crippen molar-refractivity contribution in [3.63, 3.8) is 0 Å². The van der Waals surface area contributed by atoms with E-state index in [9.17, 15) is 4.79 Å². The Labute approximate surface area is 127 Å². The van der Waals surface area contributed by atoms with Gasteiger partial charge in [-0.3, -0.25) is 9.78 Å². The highest BCUT2D eigenvalue weighted by Crippen LogP contribution is 2.19. The molecule has 0 saturated carbocycles. The SMILES string of the molecule is CSCC(C)C(=O)NCc1nc(-c2ccccn2)cs1. The van der Waals surface area contributed by atoms with Crippen LogP contribution >= 0.6 is 23.1 Å². The fraction of sp³-hybridized carbons (Fsp3) is 0.357. The van der Waals surface area contributed by atoms with Crippen LogP contribution in [-0.2, 0) is 11.3 Å². The number of carbonyl (C=O) groups excluding carboxylic acids is 1. The normalized spacial score (nSPS) is 12.1. The van der Waals surface area contributed by atoms with Gasteiger partial charge in [0, 0.05) is 23.2 Å². The van der Waals surface area contributed by atoms with Crippen LogP contribution in [0.5, 0.6) is 0 Å². The highest BCUT2D eigenvalue weighted by Gasteiger charge is 2.12. The number of pyridine rings is 1. The minimum absolute atomic E-state index is 0.0280. The van der Waals surface area contributed by atoms with Crippen LogP contribution in [-0.4, -0.2) is 27.9 Å². The van der Waals surface area contributed by atoms with Gasteiger partial charge in [0.15, 0.2) is 0 Å². The third-order valence-electron chi connectivity index (χ3n) is 2.76. The average Bonchev–Trinajstić information content (AvgIpc) is 2.95. The second kappa shape index (κ2) is 7.40. The smallest absolute Gasteiger partial charge is 0.224 e. The third-order valence-corrected chi connectivity index (χ3v) is 4.44. The van der Waals surface area contributed by atoms with Crippen molar-refractivity contribution in [3.8, 4) is 11.4 Å². The molecule has 2 aromatic rings. The van der Waals surface area contributed by atoms with E-state index in [0.29, 0.717) is 6.54 Å². The number of aromatic nitrogens is 2. The number of amides is 1. The fourth-order valence-electron chi connectivity index (χ4n) is 1.69. The molecule has 106 valence electrons. The van der Waals surface area contributed by atoms with Gasteiger partial charge in [-0.05, 0) is 18.4 Å². The first-order chi connectivity index (χ1) is 9.70. The molecule has 0 saturated heterocycles. The molecule has 0 aliphatic rings. The molecule has 0 spiro atoms. The van der Waals surface area contributed by atoms with E-state index < -0.39 is 0 Å². The number of rotatable bonds is 6. The van der Waals surface area contributed by atoms with Gasteiger partial charge in [0.1, 0.15) is 5.01 Å². The molecule has 2 aromatic heterocycles. The van der Waals surface area contributed by atoms with Gasteiger partial charge in [-0.2, -0.15) is 11.8 Å². The number of thiazole rings is 1. The molecule has 2 rings (SSSR count).